The molecule has 0 spiro atoms. The normalized spacial score (nSPS) is 15.0. The van der Waals surface area contributed by atoms with E-state index in [0.717, 1.165) is 22.6 Å². The van der Waals surface area contributed by atoms with Gasteiger partial charge >= 0.3 is 0 Å². The van der Waals surface area contributed by atoms with Crippen molar-refractivity contribution in [2.45, 2.75) is 25.0 Å². The van der Waals surface area contributed by atoms with E-state index in [0.29, 0.717) is 0 Å². The molecule has 0 radical (unpaired) electrons. The maximum Gasteiger partial charge on any atom is 0.118 e. The van der Waals surface area contributed by atoms with Gasteiger partial charge < -0.3 is 19.7 Å². The minimum Gasteiger partial charge on any atom is -0.497 e. The van der Waals surface area contributed by atoms with Gasteiger partial charge in [-0.15, -0.1) is 0 Å². The van der Waals surface area contributed by atoms with Gasteiger partial charge in [-0.25, -0.2) is 0 Å². The number of benzene rings is 2. The van der Waals surface area contributed by atoms with Gasteiger partial charge in [-0.1, -0.05) is 24.3 Å². The van der Waals surface area contributed by atoms with Gasteiger partial charge in [-0.05, 0) is 42.3 Å². The highest BCUT2D eigenvalue weighted by atomic mass is 16.5. The van der Waals surface area contributed by atoms with Gasteiger partial charge in [0.25, 0.3) is 0 Å². The van der Waals surface area contributed by atoms with E-state index in [4.69, 9.17) is 9.47 Å². The zero-order chi connectivity index (χ0) is 16.1. The van der Waals surface area contributed by atoms with Crippen LogP contribution in [0.5, 0.6) is 11.5 Å². The standard InChI is InChI=1S/C18H22O4/c1-12(19)17(13-4-8-15(21-2)9-5-13)18(20)14-6-10-16(22-3)11-7-14/h4-12,17-20H,1-3H3/t12-,17+,18-/m0/s1. The summed E-state index contributed by atoms with van der Waals surface area (Å²) in [4.78, 5) is 0. The van der Waals surface area contributed by atoms with Crippen molar-refractivity contribution in [3.8, 4) is 11.5 Å². The Hall–Kier alpha value is -2.04. The highest BCUT2D eigenvalue weighted by Crippen LogP contribution is 2.35. The number of methoxy groups -OCH3 is 2. The molecule has 0 aliphatic carbocycles. The Kier molecular flexibility index (Phi) is 5.41. The van der Waals surface area contributed by atoms with Crippen LogP contribution in [0.15, 0.2) is 48.5 Å². The first-order chi connectivity index (χ1) is 10.6. The summed E-state index contributed by atoms with van der Waals surface area (Å²) < 4.78 is 10.3. The highest BCUT2D eigenvalue weighted by Gasteiger charge is 2.27. The fraction of sp³-hybridized carbons (Fsp3) is 0.333. The van der Waals surface area contributed by atoms with Gasteiger partial charge in [0.05, 0.1) is 26.4 Å². The van der Waals surface area contributed by atoms with Crippen LogP contribution >= 0.6 is 0 Å². The van der Waals surface area contributed by atoms with Crippen LogP contribution in [0.3, 0.4) is 0 Å². The van der Waals surface area contributed by atoms with Gasteiger partial charge in [0.2, 0.25) is 0 Å². The van der Waals surface area contributed by atoms with Crippen LogP contribution in [0.2, 0.25) is 0 Å². The smallest absolute Gasteiger partial charge is 0.118 e. The van der Waals surface area contributed by atoms with E-state index in [2.05, 4.69) is 0 Å². The first kappa shape index (κ1) is 16.3. The lowest BCUT2D eigenvalue weighted by Crippen LogP contribution is -2.22. The predicted molar refractivity (Wildman–Crippen MR) is 85.4 cm³/mol. The van der Waals surface area contributed by atoms with Crippen LogP contribution in [0, 0.1) is 0 Å². The summed E-state index contributed by atoms with van der Waals surface area (Å²) in [5.74, 6) is 1.06. The molecule has 0 bridgehead atoms. The second kappa shape index (κ2) is 7.29. The van der Waals surface area contributed by atoms with Gasteiger partial charge in [0.15, 0.2) is 0 Å². The van der Waals surface area contributed by atoms with Crippen LogP contribution in [0.4, 0.5) is 0 Å². The maximum absolute atomic E-state index is 10.7. The Morgan fingerprint density at radius 3 is 1.50 bits per heavy atom. The molecule has 4 heteroatoms. The van der Waals surface area contributed by atoms with Crippen LogP contribution in [-0.4, -0.2) is 30.5 Å². The average Bonchev–Trinajstić information content (AvgIpc) is 2.55. The molecule has 22 heavy (non-hydrogen) atoms. The molecule has 4 nitrogen and oxygen atoms in total. The van der Waals surface area contributed by atoms with E-state index in [1.54, 1.807) is 33.3 Å². The molecule has 3 atom stereocenters. The van der Waals surface area contributed by atoms with Gasteiger partial charge in [-0.3, -0.25) is 0 Å². The molecule has 0 unspecified atom stereocenters. The molecule has 0 fully saturated rings. The van der Waals surface area contributed by atoms with Crippen molar-refractivity contribution in [2.24, 2.45) is 0 Å². The summed E-state index contributed by atoms with van der Waals surface area (Å²) in [5, 5.41) is 20.8. The quantitative estimate of drug-likeness (QED) is 0.861. The molecular weight excluding hydrogens is 280 g/mol. The van der Waals surface area contributed by atoms with Gasteiger partial charge in [0.1, 0.15) is 11.5 Å². The van der Waals surface area contributed by atoms with Crippen LogP contribution in [0.25, 0.3) is 0 Å². The molecule has 0 heterocycles. The summed E-state index contributed by atoms with van der Waals surface area (Å²) >= 11 is 0. The van der Waals surface area contributed by atoms with Crippen LogP contribution < -0.4 is 9.47 Å². The van der Waals surface area contributed by atoms with Gasteiger partial charge in [-0.2, -0.15) is 0 Å². The fourth-order valence-corrected chi connectivity index (χ4v) is 2.56. The lowest BCUT2D eigenvalue weighted by Gasteiger charge is -2.26. The predicted octanol–water partition coefficient (Wildman–Crippen LogP) is 2.90. The third-order valence-corrected chi connectivity index (χ3v) is 3.82. The molecule has 0 aliphatic rings. The zero-order valence-electron chi connectivity index (χ0n) is 13.1. The molecule has 0 aromatic heterocycles. The third kappa shape index (κ3) is 3.59. The Labute approximate surface area is 130 Å². The summed E-state index contributed by atoms with van der Waals surface area (Å²) in [6.45, 7) is 1.68. The Morgan fingerprint density at radius 1 is 0.727 bits per heavy atom. The van der Waals surface area contributed by atoms with Gasteiger partial charge in [0, 0.05) is 5.92 Å². The van der Waals surface area contributed by atoms with Crippen molar-refractivity contribution in [1.82, 2.24) is 0 Å². The summed E-state index contributed by atoms with van der Waals surface area (Å²) in [6.07, 6.45) is -1.50. The molecule has 118 valence electrons. The van der Waals surface area contributed by atoms with E-state index >= 15 is 0 Å². The second-order valence-corrected chi connectivity index (χ2v) is 5.26. The second-order valence-electron chi connectivity index (χ2n) is 5.26. The number of hydrogen-bond acceptors (Lipinski definition) is 4. The summed E-state index contributed by atoms with van der Waals surface area (Å²) in [5.41, 5.74) is 1.60. The lowest BCUT2D eigenvalue weighted by atomic mass is 9.85. The molecule has 2 aromatic rings. The van der Waals surface area contributed by atoms with Crippen LogP contribution in [-0.2, 0) is 0 Å². The Bertz CT molecular complexity index is 575. The van der Waals surface area contributed by atoms with E-state index in [-0.39, 0.29) is 0 Å². The number of rotatable bonds is 6. The average molecular weight is 302 g/mol. The molecule has 0 amide bonds. The zero-order valence-corrected chi connectivity index (χ0v) is 13.1. The van der Waals surface area contributed by atoms with E-state index in [9.17, 15) is 10.2 Å². The fourth-order valence-electron chi connectivity index (χ4n) is 2.56. The molecule has 2 aromatic carbocycles. The van der Waals surface area contributed by atoms with Crippen LogP contribution in [0.1, 0.15) is 30.1 Å². The molecular formula is C18H22O4. The molecule has 0 saturated carbocycles. The first-order valence-corrected chi connectivity index (χ1v) is 7.21. The minimum absolute atomic E-state index is 0.417. The van der Waals surface area contributed by atoms with E-state index < -0.39 is 18.1 Å². The monoisotopic (exact) mass is 302 g/mol. The number of hydrogen-bond donors (Lipinski definition) is 2. The van der Waals surface area contributed by atoms with Crippen molar-refractivity contribution in [2.75, 3.05) is 14.2 Å². The number of aliphatic hydroxyl groups excluding tert-OH is 2. The highest BCUT2D eigenvalue weighted by molar-refractivity contribution is 5.34. The van der Waals surface area contributed by atoms with Crippen molar-refractivity contribution in [3.05, 3.63) is 59.7 Å². The topological polar surface area (TPSA) is 58.9 Å². The molecule has 2 N–H and O–H groups in total. The molecule has 0 saturated heterocycles. The Morgan fingerprint density at radius 2 is 1.14 bits per heavy atom. The number of ether oxygens (including phenoxy) is 2. The molecule has 0 aliphatic heterocycles. The number of aliphatic hydroxyl groups is 2. The van der Waals surface area contributed by atoms with Crippen molar-refractivity contribution in [3.63, 3.8) is 0 Å². The van der Waals surface area contributed by atoms with E-state index in [1.165, 1.54) is 0 Å². The molecule has 2 rings (SSSR count). The summed E-state index contributed by atoms with van der Waals surface area (Å²) in [6, 6.07) is 14.6. The van der Waals surface area contributed by atoms with E-state index in [1.807, 2.05) is 36.4 Å². The SMILES string of the molecule is COc1ccc([C@@H]([C@H](C)O)[C@@H](O)c2ccc(OC)cc2)cc1. The summed E-state index contributed by atoms with van der Waals surface area (Å²) in [7, 11) is 3.20. The maximum atomic E-state index is 10.7. The van der Waals surface area contributed by atoms with Crippen molar-refractivity contribution in [1.29, 1.82) is 0 Å². The minimum atomic E-state index is -0.806. The first-order valence-electron chi connectivity index (χ1n) is 7.21. The lowest BCUT2D eigenvalue weighted by molar-refractivity contribution is 0.0618. The van der Waals surface area contributed by atoms with Crippen molar-refractivity contribution >= 4 is 0 Å². The Balaban J connectivity index is 2.28. The largest absolute Gasteiger partial charge is 0.497 e. The third-order valence-electron chi connectivity index (χ3n) is 3.82. The van der Waals surface area contributed by atoms with Crippen molar-refractivity contribution < 1.29 is 19.7 Å².